The number of nitrogens with one attached hydrogen (secondary N) is 2. The number of hydrogen-bond acceptors (Lipinski definition) is 4. The summed E-state index contributed by atoms with van der Waals surface area (Å²) >= 11 is 1.51. The average molecular weight is 315 g/mol. The van der Waals surface area contributed by atoms with Gasteiger partial charge in [0.25, 0.3) is 0 Å². The monoisotopic (exact) mass is 315 g/mol. The van der Waals surface area contributed by atoms with Crippen LogP contribution in [0.2, 0.25) is 0 Å². The van der Waals surface area contributed by atoms with Gasteiger partial charge in [-0.15, -0.1) is 11.3 Å². The molecule has 1 aromatic heterocycles. The molecule has 0 aliphatic rings. The van der Waals surface area contributed by atoms with E-state index in [1.54, 1.807) is 12.1 Å². The molecule has 2 rings (SSSR count). The minimum absolute atomic E-state index is 0.593. The quantitative estimate of drug-likeness (QED) is 0.519. The van der Waals surface area contributed by atoms with E-state index in [-0.39, 0.29) is 0 Å². The Bertz CT molecular complexity index is 714. The van der Waals surface area contributed by atoms with Gasteiger partial charge in [-0.1, -0.05) is 6.07 Å². The van der Waals surface area contributed by atoms with E-state index in [0.717, 1.165) is 21.6 Å². The lowest BCUT2D eigenvalue weighted by molar-refractivity contribution is -0.136. The van der Waals surface area contributed by atoms with Crippen LogP contribution in [0.5, 0.6) is 0 Å². The molecule has 0 fully saturated rings. The third-order valence-electron chi connectivity index (χ3n) is 2.94. The van der Waals surface area contributed by atoms with Crippen molar-refractivity contribution in [2.45, 2.75) is 20.8 Å². The van der Waals surface area contributed by atoms with Crippen LogP contribution in [0, 0.1) is 20.8 Å². The minimum Gasteiger partial charge on any atom is -0.318 e. The molecular formula is C16H17N3O2S. The third kappa shape index (κ3) is 4.26. The van der Waals surface area contributed by atoms with E-state index in [0.29, 0.717) is 5.69 Å². The average Bonchev–Trinajstić information content (AvgIpc) is 2.83. The number of hydrogen-bond donors (Lipinski definition) is 2. The molecule has 0 spiro atoms. The van der Waals surface area contributed by atoms with Crippen LogP contribution in [0.1, 0.15) is 21.6 Å². The molecule has 0 saturated heterocycles. The Kier molecular flexibility index (Phi) is 5.06. The van der Waals surface area contributed by atoms with E-state index in [2.05, 4.69) is 15.8 Å². The number of nitrogens with zero attached hydrogens (tertiary/aromatic N) is 1. The van der Waals surface area contributed by atoms with Crippen molar-refractivity contribution in [2.24, 2.45) is 5.10 Å². The van der Waals surface area contributed by atoms with Gasteiger partial charge in [0.15, 0.2) is 0 Å². The normalized spacial score (nSPS) is 10.7. The molecule has 0 aliphatic carbocycles. The van der Waals surface area contributed by atoms with Gasteiger partial charge in [-0.2, -0.15) is 5.10 Å². The number of hydrazone groups is 1. The smallest absolute Gasteiger partial charge is 0.318 e. The zero-order valence-corrected chi connectivity index (χ0v) is 13.5. The van der Waals surface area contributed by atoms with E-state index in [9.17, 15) is 9.59 Å². The highest BCUT2D eigenvalue weighted by atomic mass is 32.1. The number of thiophene rings is 1. The first-order chi connectivity index (χ1) is 10.5. The summed E-state index contributed by atoms with van der Waals surface area (Å²) in [5.74, 6) is -1.55. The molecule has 2 N–H and O–H groups in total. The molecule has 0 atom stereocenters. The first-order valence-corrected chi connectivity index (χ1v) is 7.60. The Morgan fingerprint density at radius 1 is 1.09 bits per heavy atom. The van der Waals surface area contributed by atoms with E-state index in [4.69, 9.17) is 0 Å². The summed E-state index contributed by atoms with van der Waals surface area (Å²) in [6.45, 7) is 5.80. The van der Waals surface area contributed by atoms with Crippen LogP contribution in [-0.4, -0.2) is 18.0 Å². The van der Waals surface area contributed by atoms with E-state index in [1.165, 1.54) is 17.6 Å². The van der Waals surface area contributed by atoms with E-state index < -0.39 is 11.8 Å². The van der Waals surface area contributed by atoms with Gasteiger partial charge < -0.3 is 5.32 Å². The van der Waals surface area contributed by atoms with Crippen LogP contribution in [0.15, 0.2) is 34.7 Å². The van der Waals surface area contributed by atoms with Crippen molar-refractivity contribution in [1.82, 2.24) is 5.43 Å². The van der Waals surface area contributed by atoms with Crippen molar-refractivity contribution >= 4 is 35.1 Å². The van der Waals surface area contributed by atoms with Crippen molar-refractivity contribution in [3.05, 3.63) is 51.2 Å². The van der Waals surface area contributed by atoms with Gasteiger partial charge in [-0.3, -0.25) is 9.59 Å². The molecule has 5 nitrogen and oxygen atoms in total. The second-order valence-corrected chi connectivity index (χ2v) is 5.95. The largest absolute Gasteiger partial charge is 0.329 e. The predicted octanol–water partition coefficient (Wildman–Crippen LogP) is 2.76. The maximum atomic E-state index is 11.8. The van der Waals surface area contributed by atoms with Crippen LogP contribution in [0.4, 0.5) is 5.69 Å². The Labute approximate surface area is 133 Å². The lowest BCUT2D eigenvalue weighted by atomic mass is 10.1. The van der Waals surface area contributed by atoms with Gasteiger partial charge in [-0.05, 0) is 61.0 Å². The zero-order valence-electron chi connectivity index (χ0n) is 12.6. The van der Waals surface area contributed by atoms with Crippen LogP contribution in [0.3, 0.4) is 0 Å². The fourth-order valence-electron chi connectivity index (χ4n) is 1.95. The summed E-state index contributed by atoms with van der Waals surface area (Å²) in [4.78, 5) is 24.4. The molecule has 6 heteroatoms. The van der Waals surface area contributed by atoms with Crippen molar-refractivity contribution in [1.29, 1.82) is 0 Å². The number of aryl methyl sites for hydroxylation is 3. The topological polar surface area (TPSA) is 70.6 Å². The highest BCUT2D eigenvalue weighted by molar-refractivity contribution is 7.11. The van der Waals surface area contributed by atoms with Crippen molar-refractivity contribution in [2.75, 3.05) is 5.32 Å². The Hall–Kier alpha value is -2.47. The molecule has 2 amide bonds. The van der Waals surface area contributed by atoms with Crippen molar-refractivity contribution in [3.8, 4) is 0 Å². The molecule has 0 saturated carbocycles. The second-order valence-electron chi connectivity index (χ2n) is 5.00. The van der Waals surface area contributed by atoms with Crippen molar-refractivity contribution < 1.29 is 9.59 Å². The van der Waals surface area contributed by atoms with Crippen LogP contribution in [0.25, 0.3) is 0 Å². The molecule has 2 aromatic rings. The molecule has 0 unspecified atom stereocenters. The maximum Gasteiger partial charge on any atom is 0.329 e. The molecule has 1 heterocycles. The zero-order chi connectivity index (χ0) is 16.1. The first kappa shape index (κ1) is 15.9. The highest BCUT2D eigenvalue weighted by Gasteiger charge is 2.13. The van der Waals surface area contributed by atoms with Gasteiger partial charge >= 0.3 is 11.8 Å². The van der Waals surface area contributed by atoms with Gasteiger partial charge in [0.1, 0.15) is 0 Å². The lowest BCUT2D eigenvalue weighted by Gasteiger charge is -2.06. The molecule has 0 radical (unpaired) electrons. The summed E-state index contributed by atoms with van der Waals surface area (Å²) in [6.07, 6.45) is 1.53. The third-order valence-corrected chi connectivity index (χ3v) is 3.89. The molecule has 0 bridgehead atoms. The van der Waals surface area contributed by atoms with Crippen LogP contribution >= 0.6 is 11.3 Å². The molecular weight excluding hydrogens is 298 g/mol. The standard InChI is InChI=1S/C16H17N3O2S/c1-10-6-11(2)8-13(7-10)18-15(20)16(21)19-17-9-14-12(3)4-5-22-14/h4-9H,1-3H3,(H,18,20)(H,19,21)/b17-9-. The Balaban J connectivity index is 1.93. The minimum atomic E-state index is -0.801. The SMILES string of the molecule is Cc1cc(C)cc(NC(=O)C(=O)N/N=C\c2sccc2C)c1. The number of rotatable bonds is 3. The number of carbonyl (C=O) groups is 2. The van der Waals surface area contributed by atoms with Crippen molar-refractivity contribution in [3.63, 3.8) is 0 Å². The van der Waals surface area contributed by atoms with Gasteiger partial charge in [0.2, 0.25) is 0 Å². The second kappa shape index (κ2) is 7.00. The first-order valence-electron chi connectivity index (χ1n) is 6.72. The summed E-state index contributed by atoms with van der Waals surface area (Å²) in [5, 5.41) is 8.29. The Morgan fingerprint density at radius 2 is 1.77 bits per heavy atom. The molecule has 22 heavy (non-hydrogen) atoms. The van der Waals surface area contributed by atoms with Gasteiger partial charge in [0, 0.05) is 10.6 Å². The van der Waals surface area contributed by atoms with E-state index >= 15 is 0 Å². The number of benzene rings is 1. The summed E-state index contributed by atoms with van der Waals surface area (Å²) in [6, 6.07) is 7.55. The number of anilines is 1. The molecule has 1 aromatic carbocycles. The fourth-order valence-corrected chi connectivity index (χ4v) is 2.74. The summed E-state index contributed by atoms with van der Waals surface area (Å²) < 4.78 is 0. The van der Waals surface area contributed by atoms with Gasteiger partial charge in [0.05, 0.1) is 6.21 Å². The van der Waals surface area contributed by atoms with Gasteiger partial charge in [-0.25, -0.2) is 5.43 Å². The summed E-state index contributed by atoms with van der Waals surface area (Å²) in [5.41, 5.74) is 5.92. The van der Waals surface area contributed by atoms with Crippen LogP contribution < -0.4 is 10.7 Å². The van der Waals surface area contributed by atoms with Crippen LogP contribution in [-0.2, 0) is 9.59 Å². The maximum absolute atomic E-state index is 11.8. The Morgan fingerprint density at radius 3 is 2.36 bits per heavy atom. The highest BCUT2D eigenvalue weighted by Crippen LogP contribution is 2.14. The number of carbonyl (C=O) groups excluding carboxylic acids is 2. The molecule has 0 aliphatic heterocycles. The lowest BCUT2D eigenvalue weighted by Crippen LogP contribution is -2.32. The van der Waals surface area contributed by atoms with E-state index in [1.807, 2.05) is 38.3 Å². The fraction of sp³-hybridized carbons (Fsp3) is 0.188. The molecule has 114 valence electrons. The predicted molar refractivity (Wildman–Crippen MR) is 89.3 cm³/mol. The summed E-state index contributed by atoms with van der Waals surface area (Å²) in [7, 11) is 0. The number of amides is 2.